The Bertz CT molecular complexity index is 326. The fourth-order valence-electron chi connectivity index (χ4n) is 3.58. The van der Waals surface area contributed by atoms with Crippen LogP contribution in [0.2, 0.25) is 0 Å². The van der Waals surface area contributed by atoms with E-state index in [9.17, 15) is 4.79 Å². The van der Waals surface area contributed by atoms with Crippen molar-refractivity contribution in [1.82, 2.24) is 15.1 Å². The van der Waals surface area contributed by atoms with Gasteiger partial charge in [0.05, 0.1) is 12.2 Å². The maximum atomic E-state index is 12.6. The summed E-state index contributed by atoms with van der Waals surface area (Å²) in [6, 6.07) is 0.0557. The van der Waals surface area contributed by atoms with Crippen molar-refractivity contribution in [2.45, 2.75) is 71.5 Å². The number of nitrogens with one attached hydrogen (secondary N) is 1. The standard InChI is InChI=1S/C17H33N3O/c1-4-8-15-17(21)20(16(18-15)13-14(2)3)12-11-19-9-6-5-7-10-19/h14-16,18H,4-13H2,1-3H3. The molecule has 0 aromatic carbocycles. The molecule has 2 saturated heterocycles. The summed E-state index contributed by atoms with van der Waals surface area (Å²) >= 11 is 0. The van der Waals surface area contributed by atoms with Crippen LogP contribution < -0.4 is 5.32 Å². The molecule has 0 aromatic rings. The van der Waals surface area contributed by atoms with Crippen molar-refractivity contribution < 1.29 is 4.79 Å². The minimum atomic E-state index is 0.0557. The quantitative estimate of drug-likeness (QED) is 0.783. The van der Waals surface area contributed by atoms with E-state index in [1.165, 1.54) is 32.4 Å². The van der Waals surface area contributed by atoms with E-state index < -0.39 is 0 Å². The van der Waals surface area contributed by atoms with Crippen molar-refractivity contribution in [3.63, 3.8) is 0 Å². The molecule has 21 heavy (non-hydrogen) atoms. The molecule has 4 heteroatoms. The average molecular weight is 295 g/mol. The summed E-state index contributed by atoms with van der Waals surface area (Å²) in [5, 5.41) is 3.57. The van der Waals surface area contributed by atoms with Gasteiger partial charge in [0.1, 0.15) is 0 Å². The molecule has 2 atom stereocenters. The van der Waals surface area contributed by atoms with E-state index in [2.05, 4.69) is 35.9 Å². The number of carbonyl (C=O) groups is 1. The highest BCUT2D eigenvalue weighted by molar-refractivity contribution is 5.84. The lowest BCUT2D eigenvalue weighted by Crippen LogP contribution is -2.44. The second kappa shape index (κ2) is 8.14. The highest BCUT2D eigenvalue weighted by atomic mass is 16.2. The summed E-state index contributed by atoms with van der Waals surface area (Å²) in [6.45, 7) is 11.0. The molecule has 0 aromatic heterocycles. The highest BCUT2D eigenvalue weighted by Gasteiger charge is 2.38. The molecule has 2 heterocycles. The summed E-state index contributed by atoms with van der Waals surface area (Å²) in [5.74, 6) is 0.952. The van der Waals surface area contributed by atoms with Gasteiger partial charge in [0, 0.05) is 13.1 Å². The number of carbonyl (C=O) groups excluding carboxylic acids is 1. The smallest absolute Gasteiger partial charge is 0.241 e. The number of nitrogens with zero attached hydrogens (tertiary/aromatic N) is 2. The summed E-state index contributed by atoms with van der Waals surface area (Å²) in [4.78, 5) is 17.2. The molecule has 1 amide bonds. The van der Waals surface area contributed by atoms with Crippen LogP contribution in [0, 0.1) is 5.92 Å². The second-order valence-electron chi connectivity index (χ2n) is 7.09. The Labute approximate surface area is 130 Å². The number of piperidine rings is 1. The molecule has 0 radical (unpaired) electrons. The molecule has 2 unspecified atom stereocenters. The first-order valence-corrected chi connectivity index (χ1v) is 8.90. The zero-order chi connectivity index (χ0) is 15.2. The Hall–Kier alpha value is -0.610. The van der Waals surface area contributed by atoms with Gasteiger partial charge in [0.15, 0.2) is 0 Å². The number of hydrogen-bond donors (Lipinski definition) is 1. The van der Waals surface area contributed by atoms with Crippen LogP contribution in [-0.2, 0) is 4.79 Å². The van der Waals surface area contributed by atoms with Gasteiger partial charge < -0.3 is 9.80 Å². The Morgan fingerprint density at radius 2 is 1.90 bits per heavy atom. The predicted octanol–water partition coefficient (Wildman–Crippen LogP) is 2.45. The van der Waals surface area contributed by atoms with Gasteiger partial charge in [-0.05, 0) is 44.7 Å². The van der Waals surface area contributed by atoms with Crippen molar-refractivity contribution in [2.24, 2.45) is 5.92 Å². The lowest BCUT2D eigenvalue weighted by molar-refractivity contribution is -0.130. The largest absolute Gasteiger partial charge is 0.325 e. The molecular formula is C17H33N3O. The number of likely N-dealkylation sites (tertiary alicyclic amines) is 1. The number of amides is 1. The van der Waals surface area contributed by atoms with E-state index in [4.69, 9.17) is 0 Å². The molecule has 122 valence electrons. The third-order valence-electron chi connectivity index (χ3n) is 4.73. The van der Waals surface area contributed by atoms with Crippen molar-refractivity contribution >= 4 is 5.91 Å². The molecule has 0 saturated carbocycles. The summed E-state index contributed by atoms with van der Waals surface area (Å²) < 4.78 is 0. The molecule has 2 aliphatic rings. The third kappa shape index (κ3) is 4.68. The molecule has 2 rings (SSSR count). The first-order chi connectivity index (χ1) is 10.1. The Morgan fingerprint density at radius 3 is 2.52 bits per heavy atom. The van der Waals surface area contributed by atoms with Crippen LogP contribution in [0.3, 0.4) is 0 Å². The van der Waals surface area contributed by atoms with Crippen LogP contribution in [0.15, 0.2) is 0 Å². The normalized spacial score (nSPS) is 27.8. The molecule has 4 nitrogen and oxygen atoms in total. The zero-order valence-electron chi connectivity index (χ0n) is 14.1. The third-order valence-corrected chi connectivity index (χ3v) is 4.73. The van der Waals surface area contributed by atoms with Gasteiger partial charge in [-0.1, -0.05) is 33.6 Å². The lowest BCUT2D eigenvalue weighted by atomic mass is 10.1. The molecule has 0 aliphatic carbocycles. The van der Waals surface area contributed by atoms with Crippen LogP contribution in [0.5, 0.6) is 0 Å². The lowest BCUT2D eigenvalue weighted by Gasteiger charge is -2.31. The Balaban J connectivity index is 1.90. The molecule has 1 N–H and O–H groups in total. The van der Waals surface area contributed by atoms with E-state index in [1.54, 1.807) is 0 Å². The topological polar surface area (TPSA) is 35.6 Å². The van der Waals surface area contributed by atoms with Crippen molar-refractivity contribution in [3.05, 3.63) is 0 Å². The molecule has 0 bridgehead atoms. The van der Waals surface area contributed by atoms with Crippen molar-refractivity contribution in [2.75, 3.05) is 26.2 Å². The predicted molar refractivity (Wildman–Crippen MR) is 87.1 cm³/mol. The zero-order valence-corrected chi connectivity index (χ0v) is 14.1. The average Bonchev–Trinajstić information content (AvgIpc) is 2.74. The molecular weight excluding hydrogens is 262 g/mol. The van der Waals surface area contributed by atoms with Gasteiger partial charge in [-0.2, -0.15) is 0 Å². The van der Waals surface area contributed by atoms with Gasteiger partial charge in [-0.25, -0.2) is 0 Å². The van der Waals surface area contributed by atoms with Gasteiger partial charge in [0.25, 0.3) is 0 Å². The summed E-state index contributed by atoms with van der Waals surface area (Å²) in [6.07, 6.45) is 7.35. The Morgan fingerprint density at radius 1 is 1.19 bits per heavy atom. The fraction of sp³-hybridized carbons (Fsp3) is 0.941. The van der Waals surface area contributed by atoms with Gasteiger partial charge >= 0.3 is 0 Å². The first-order valence-electron chi connectivity index (χ1n) is 8.90. The van der Waals surface area contributed by atoms with Crippen molar-refractivity contribution in [3.8, 4) is 0 Å². The van der Waals surface area contributed by atoms with E-state index in [0.29, 0.717) is 11.8 Å². The Kier molecular flexibility index (Phi) is 6.49. The minimum absolute atomic E-state index is 0.0557. The highest BCUT2D eigenvalue weighted by Crippen LogP contribution is 2.20. The molecule has 0 spiro atoms. The van der Waals surface area contributed by atoms with Crippen LogP contribution in [0.25, 0.3) is 0 Å². The van der Waals surface area contributed by atoms with Gasteiger partial charge in [-0.15, -0.1) is 0 Å². The monoisotopic (exact) mass is 295 g/mol. The molecule has 2 fully saturated rings. The molecule has 2 aliphatic heterocycles. The van der Waals surface area contributed by atoms with E-state index in [1.807, 2.05) is 0 Å². The van der Waals surface area contributed by atoms with Crippen molar-refractivity contribution in [1.29, 1.82) is 0 Å². The first kappa shape index (κ1) is 16.8. The van der Waals surface area contributed by atoms with E-state index in [0.717, 1.165) is 32.4 Å². The van der Waals surface area contributed by atoms with Crippen LogP contribution in [-0.4, -0.2) is 54.1 Å². The van der Waals surface area contributed by atoms with Crippen LogP contribution in [0.4, 0.5) is 0 Å². The van der Waals surface area contributed by atoms with E-state index >= 15 is 0 Å². The second-order valence-corrected chi connectivity index (χ2v) is 7.09. The van der Waals surface area contributed by atoms with Gasteiger partial charge in [-0.3, -0.25) is 10.1 Å². The summed E-state index contributed by atoms with van der Waals surface area (Å²) in [5.41, 5.74) is 0. The van der Waals surface area contributed by atoms with E-state index in [-0.39, 0.29) is 12.2 Å². The fourth-order valence-corrected chi connectivity index (χ4v) is 3.58. The maximum Gasteiger partial charge on any atom is 0.241 e. The van der Waals surface area contributed by atoms with Crippen LogP contribution in [0.1, 0.15) is 59.3 Å². The minimum Gasteiger partial charge on any atom is -0.325 e. The van der Waals surface area contributed by atoms with Crippen LogP contribution >= 0.6 is 0 Å². The SMILES string of the molecule is CCCC1NC(CC(C)C)N(CCN2CCCCC2)C1=O. The number of hydrogen-bond acceptors (Lipinski definition) is 3. The van der Waals surface area contributed by atoms with Gasteiger partial charge in [0.2, 0.25) is 5.91 Å². The maximum absolute atomic E-state index is 12.6. The number of rotatable bonds is 7. The summed E-state index contributed by atoms with van der Waals surface area (Å²) in [7, 11) is 0.